The lowest BCUT2D eigenvalue weighted by atomic mass is 9.91. The van der Waals surface area contributed by atoms with Gasteiger partial charge in [-0.2, -0.15) is 0 Å². The number of nitrogens with zero attached hydrogens (tertiary/aromatic N) is 4. The fourth-order valence-electron chi connectivity index (χ4n) is 2.67. The molecule has 0 aromatic carbocycles. The second-order valence-electron chi connectivity index (χ2n) is 5.52. The van der Waals surface area contributed by atoms with Crippen LogP contribution in [0.5, 0.6) is 5.75 Å². The quantitative estimate of drug-likeness (QED) is 0.918. The van der Waals surface area contributed by atoms with Crippen molar-refractivity contribution < 1.29 is 14.6 Å². The Morgan fingerprint density at radius 2 is 1.83 bits per heavy atom. The van der Waals surface area contributed by atoms with E-state index in [2.05, 4.69) is 15.0 Å². The molecule has 0 radical (unpaired) electrons. The molecule has 120 valence electrons. The maximum absolute atomic E-state index is 11.8. The number of piperidine rings is 1. The van der Waals surface area contributed by atoms with Crippen LogP contribution in [-0.2, 0) is 4.79 Å². The fraction of sp³-hybridized carbons (Fsp3) is 0.375. The van der Waals surface area contributed by atoms with Crippen LogP contribution in [0.4, 0.5) is 5.95 Å². The predicted octanol–water partition coefficient (Wildman–Crippen LogP) is 1.68. The van der Waals surface area contributed by atoms with Crippen LogP contribution < -0.4 is 9.64 Å². The number of carboxylic acid groups (broad SMARTS) is 1. The molecule has 0 amide bonds. The predicted molar refractivity (Wildman–Crippen MR) is 83.4 cm³/mol. The molecule has 7 nitrogen and oxygen atoms in total. The zero-order chi connectivity index (χ0) is 16.3. The second kappa shape index (κ2) is 6.20. The fourth-order valence-corrected chi connectivity index (χ4v) is 2.67. The summed E-state index contributed by atoms with van der Waals surface area (Å²) in [5, 5.41) is 9.70. The van der Waals surface area contributed by atoms with Crippen LogP contribution in [0.1, 0.15) is 18.5 Å². The van der Waals surface area contributed by atoms with E-state index in [1.54, 1.807) is 43.7 Å². The standard InChI is InChI=1S/C16H18N4O3/c1-12-13(4-2-7-17-12)23-16(14(21)22)5-10-20(11-6-16)15-18-8-3-9-19-15/h2-4,7-9H,5-6,10-11H2,1H3,(H,21,22). The maximum Gasteiger partial charge on any atom is 0.348 e. The van der Waals surface area contributed by atoms with Crippen molar-refractivity contribution >= 4 is 11.9 Å². The molecule has 0 bridgehead atoms. The molecule has 1 N–H and O–H groups in total. The number of aryl methyl sites for hydroxylation is 1. The molecule has 7 heteroatoms. The summed E-state index contributed by atoms with van der Waals surface area (Å²) in [5.74, 6) is 0.178. The smallest absolute Gasteiger partial charge is 0.348 e. The number of rotatable bonds is 4. The Balaban J connectivity index is 1.77. The summed E-state index contributed by atoms with van der Waals surface area (Å²) in [6.07, 6.45) is 5.72. The number of hydrogen-bond acceptors (Lipinski definition) is 6. The Kier molecular flexibility index (Phi) is 4.10. The van der Waals surface area contributed by atoms with Gasteiger partial charge in [-0.3, -0.25) is 4.98 Å². The maximum atomic E-state index is 11.8. The van der Waals surface area contributed by atoms with Gasteiger partial charge in [-0.25, -0.2) is 14.8 Å². The molecule has 0 saturated carbocycles. The molecular formula is C16H18N4O3. The Morgan fingerprint density at radius 1 is 1.17 bits per heavy atom. The highest BCUT2D eigenvalue weighted by atomic mass is 16.5. The van der Waals surface area contributed by atoms with Gasteiger partial charge < -0.3 is 14.7 Å². The second-order valence-corrected chi connectivity index (χ2v) is 5.52. The molecule has 0 unspecified atom stereocenters. The van der Waals surface area contributed by atoms with Crippen LogP contribution in [0.25, 0.3) is 0 Å². The molecule has 2 aromatic rings. The summed E-state index contributed by atoms with van der Waals surface area (Å²) >= 11 is 0. The Hall–Kier alpha value is -2.70. The Labute approximate surface area is 134 Å². The largest absolute Gasteiger partial charge is 0.478 e. The number of carbonyl (C=O) groups is 1. The van der Waals surface area contributed by atoms with Gasteiger partial charge in [-0.05, 0) is 25.1 Å². The molecular weight excluding hydrogens is 296 g/mol. The van der Waals surface area contributed by atoms with Crippen LogP contribution in [0.15, 0.2) is 36.8 Å². The number of pyridine rings is 1. The van der Waals surface area contributed by atoms with Gasteiger partial charge in [0.05, 0.1) is 5.69 Å². The summed E-state index contributed by atoms with van der Waals surface area (Å²) in [5.41, 5.74) is -0.555. The molecule has 0 atom stereocenters. The Bertz CT molecular complexity index is 685. The van der Waals surface area contributed by atoms with Crippen molar-refractivity contribution in [2.75, 3.05) is 18.0 Å². The van der Waals surface area contributed by atoms with Crippen molar-refractivity contribution in [3.05, 3.63) is 42.5 Å². The zero-order valence-electron chi connectivity index (χ0n) is 12.8. The number of aliphatic carboxylic acids is 1. The minimum absolute atomic E-state index is 0.356. The molecule has 3 rings (SSSR count). The highest BCUT2D eigenvalue weighted by molar-refractivity contribution is 5.78. The highest BCUT2D eigenvalue weighted by Crippen LogP contribution is 2.31. The van der Waals surface area contributed by atoms with Crippen LogP contribution in [0.2, 0.25) is 0 Å². The van der Waals surface area contributed by atoms with Gasteiger partial charge in [0.15, 0.2) is 0 Å². The van der Waals surface area contributed by atoms with Crippen molar-refractivity contribution in [3.8, 4) is 5.75 Å². The minimum Gasteiger partial charge on any atom is -0.478 e. The van der Waals surface area contributed by atoms with Crippen molar-refractivity contribution in [2.24, 2.45) is 0 Å². The number of ether oxygens (including phenoxy) is 1. The molecule has 0 spiro atoms. The topological polar surface area (TPSA) is 88.4 Å². The third-order valence-electron chi connectivity index (χ3n) is 4.06. The highest BCUT2D eigenvalue weighted by Gasteiger charge is 2.44. The number of anilines is 1. The van der Waals surface area contributed by atoms with E-state index in [0.29, 0.717) is 43.3 Å². The first-order valence-electron chi connectivity index (χ1n) is 7.47. The first-order chi connectivity index (χ1) is 11.1. The van der Waals surface area contributed by atoms with E-state index in [0.717, 1.165) is 0 Å². The molecule has 1 aliphatic rings. The van der Waals surface area contributed by atoms with Crippen LogP contribution in [0, 0.1) is 6.92 Å². The summed E-state index contributed by atoms with van der Waals surface area (Å²) < 4.78 is 5.89. The van der Waals surface area contributed by atoms with Crippen LogP contribution in [0.3, 0.4) is 0 Å². The van der Waals surface area contributed by atoms with Crippen molar-refractivity contribution in [3.63, 3.8) is 0 Å². The van der Waals surface area contributed by atoms with Gasteiger partial charge in [0.2, 0.25) is 11.5 Å². The molecule has 3 heterocycles. The van der Waals surface area contributed by atoms with Gasteiger partial charge in [0.1, 0.15) is 5.75 Å². The first-order valence-corrected chi connectivity index (χ1v) is 7.47. The molecule has 1 fully saturated rings. The lowest BCUT2D eigenvalue weighted by Crippen LogP contribution is -2.53. The van der Waals surface area contributed by atoms with E-state index in [1.165, 1.54) is 0 Å². The van der Waals surface area contributed by atoms with Crippen LogP contribution >= 0.6 is 0 Å². The summed E-state index contributed by atoms with van der Waals surface area (Å²) in [6.45, 7) is 2.85. The van der Waals surface area contributed by atoms with E-state index in [1.807, 2.05) is 4.90 Å². The SMILES string of the molecule is Cc1ncccc1OC1(C(=O)O)CCN(c2ncccn2)CC1. The molecule has 1 aliphatic heterocycles. The minimum atomic E-state index is -1.24. The third kappa shape index (κ3) is 3.08. The van der Waals surface area contributed by atoms with E-state index in [4.69, 9.17) is 4.74 Å². The lowest BCUT2D eigenvalue weighted by molar-refractivity contribution is -0.157. The lowest BCUT2D eigenvalue weighted by Gasteiger charge is -2.38. The van der Waals surface area contributed by atoms with Crippen molar-refractivity contribution in [2.45, 2.75) is 25.4 Å². The van der Waals surface area contributed by atoms with Gasteiger partial charge in [-0.1, -0.05) is 0 Å². The van der Waals surface area contributed by atoms with E-state index < -0.39 is 11.6 Å². The van der Waals surface area contributed by atoms with Gasteiger partial charge in [0, 0.05) is 44.5 Å². The molecule has 23 heavy (non-hydrogen) atoms. The number of carboxylic acids is 1. The summed E-state index contributed by atoms with van der Waals surface area (Å²) in [4.78, 5) is 26.4. The molecule has 0 aliphatic carbocycles. The van der Waals surface area contributed by atoms with Crippen molar-refractivity contribution in [1.29, 1.82) is 0 Å². The summed E-state index contributed by atoms with van der Waals surface area (Å²) in [6, 6.07) is 5.24. The van der Waals surface area contributed by atoms with Gasteiger partial charge in [0.25, 0.3) is 0 Å². The van der Waals surface area contributed by atoms with E-state index in [-0.39, 0.29) is 0 Å². The van der Waals surface area contributed by atoms with Gasteiger partial charge >= 0.3 is 5.97 Å². The van der Waals surface area contributed by atoms with Gasteiger partial charge in [-0.15, -0.1) is 0 Å². The third-order valence-corrected chi connectivity index (χ3v) is 4.06. The normalized spacial score (nSPS) is 16.8. The number of aromatic nitrogens is 3. The van der Waals surface area contributed by atoms with Crippen molar-refractivity contribution in [1.82, 2.24) is 15.0 Å². The molecule has 2 aromatic heterocycles. The monoisotopic (exact) mass is 314 g/mol. The van der Waals surface area contributed by atoms with E-state index in [9.17, 15) is 9.90 Å². The van der Waals surface area contributed by atoms with E-state index >= 15 is 0 Å². The summed E-state index contributed by atoms with van der Waals surface area (Å²) in [7, 11) is 0. The average molecular weight is 314 g/mol. The Morgan fingerprint density at radius 3 is 2.43 bits per heavy atom. The zero-order valence-corrected chi connectivity index (χ0v) is 12.8. The number of hydrogen-bond donors (Lipinski definition) is 1. The average Bonchev–Trinajstić information content (AvgIpc) is 2.58. The van der Waals surface area contributed by atoms with Crippen LogP contribution in [-0.4, -0.2) is 44.7 Å². The molecule has 1 saturated heterocycles. The first kappa shape index (κ1) is 15.2.